The third-order valence-corrected chi connectivity index (χ3v) is 6.84. The van der Waals surface area contributed by atoms with Crippen molar-refractivity contribution in [3.05, 3.63) is 71.6 Å². The Labute approximate surface area is 205 Å². The number of benzene rings is 2. The second kappa shape index (κ2) is 10.8. The summed E-state index contributed by atoms with van der Waals surface area (Å²) in [6, 6.07) is 17.8. The third kappa shape index (κ3) is 5.77. The van der Waals surface area contributed by atoms with Gasteiger partial charge in [0.1, 0.15) is 0 Å². The standard InChI is InChI=1S/C27H31N5O3/c33-25-13-7-15-32(25)18-22-11-5-4-10-21(22)16-28-27(34)23-12-6-14-31(17-23)19-24-29-26(30-35-24)20-8-2-1-3-9-20/h1-5,8-11,23H,6-7,12-19H2,(H,28,34). The van der Waals surface area contributed by atoms with Crippen molar-refractivity contribution >= 4 is 11.8 Å². The van der Waals surface area contributed by atoms with Gasteiger partial charge < -0.3 is 14.7 Å². The SMILES string of the molecule is O=C(NCc1ccccc1CN1CCCC1=O)C1CCCN(Cc2nc(-c3ccccc3)no2)C1. The zero-order chi connectivity index (χ0) is 24.0. The summed E-state index contributed by atoms with van der Waals surface area (Å²) < 4.78 is 5.47. The quantitative estimate of drug-likeness (QED) is 0.539. The van der Waals surface area contributed by atoms with Crippen molar-refractivity contribution in [2.75, 3.05) is 19.6 Å². The first kappa shape index (κ1) is 23.2. The van der Waals surface area contributed by atoms with Crippen molar-refractivity contribution in [1.29, 1.82) is 0 Å². The molecule has 1 N–H and O–H groups in total. The van der Waals surface area contributed by atoms with E-state index in [4.69, 9.17) is 4.52 Å². The predicted octanol–water partition coefficient (Wildman–Crippen LogP) is 3.39. The molecule has 2 aliphatic heterocycles. The Bertz CT molecular complexity index is 1160. The van der Waals surface area contributed by atoms with E-state index in [1.165, 1.54) is 0 Å². The minimum Gasteiger partial charge on any atom is -0.352 e. The van der Waals surface area contributed by atoms with Crippen LogP contribution < -0.4 is 5.32 Å². The zero-order valence-corrected chi connectivity index (χ0v) is 19.9. The minimum absolute atomic E-state index is 0.0669. The van der Waals surface area contributed by atoms with Crippen LogP contribution >= 0.6 is 0 Å². The van der Waals surface area contributed by atoms with Gasteiger partial charge in [0.25, 0.3) is 0 Å². The van der Waals surface area contributed by atoms with Gasteiger partial charge in [-0.2, -0.15) is 4.98 Å². The van der Waals surface area contributed by atoms with Crippen molar-refractivity contribution in [3.8, 4) is 11.4 Å². The number of hydrogen-bond acceptors (Lipinski definition) is 6. The normalized spacial score (nSPS) is 18.7. The van der Waals surface area contributed by atoms with E-state index in [0.29, 0.717) is 44.3 Å². The molecule has 8 nitrogen and oxygen atoms in total. The molecule has 182 valence electrons. The average molecular weight is 474 g/mol. The van der Waals surface area contributed by atoms with Gasteiger partial charge >= 0.3 is 0 Å². The fourth-order valence-corrected chi connectivity index (χ4v) is 4.92. The van der Waals surface area contributed by atoms with Gasteiger partial charge in [-0.05, 0) is 36.9 Å². The van der Waals surface area contributed by atoms with Crippen molar-refractivity contribution in [3.63, 3.8) is 0 Å². The molecule has 2 aromatic carbocycles. The number of nitrogens with one attached hydrogen (secondary N) is 1. The minimum atomic E-state index is -0.0763. The molecule has 2 aliphatic rings. The maximum absolute atomic E-state index is 13.0. The first-order chi connectivity index (χ1) is 17.2. The first-order valence-corrected chi connectivity index (χ1v) is 12.4. The molecule has 0 spiro atoms. The van der Waals surface area contributed by atoms with Crippen molar-refractivity contribution in [2.24, 2.45) is 5.92 Å². The lowest BCUT2D eigenvalue weighted by molar-refractivity contribution is -0.128. The van der Waals surface area contributed by atoms with Crippen LogP contribution in [0, 0.1) is 5.92 Å². The van der Waals surface area contributed by atoms with Crippen LogP contribution in [-0.2, 0) is 29.2 Å². The van der Waals surface area contributed by atoms with Gasteiger partial charge in [0, 0.05) is 38.2 Å². The van der Waals surface area contributed by atoms with Gasteiger partial charge in [0.05, 0.1) is 12.5 Å². The highest BCUT2D eigenvalue weighted by Gasteiger charge is 2.27. The summed E-state index contributed by atoms with van der Waals surface area (Å²) >= 11 is 0. The number of amides is 2. The summed E-state index contributed by atoms with van der Waals surface area (Å²) in [6.07, 6.45) is 3.37. The van der Waals surface area contributed by atoms with Crippen LogP contribution in [0.1, 0.15) is 42.7 Å². The molecule has 0 bridgehead atoms. The number of carbonyl (C=O) groups excluding carboxylic acids is 2. The Hall–Kier alpha value is -3.52. The molecule has 1 aromatic heterocycles. The second-order valence-electron chi connectivity index (χ2n) is 9.36. The second-order valence-corrected chi connectivity index (χ2v) is 9.36. The molecule has 1 atom stereocenters. The van der Waals surface area contributed by atoms with Crippen LogP contribution in [0.5, 0.6) is 0 Å². The van der Waals surface area contributed by atoms with Gasteiger partial charge in [-0.3, -0.25) is 14.5 Å². The van der Waals surface area contributed by atoms with Crippen molar-refractivity contribution < 1.29 is 14.1 Å². The lowest BCUT2D eigenvalue weighted by atomic mass is 9.97. The number of carbonyl (C=O) groups is 2. The molecule has 1 unspecified atom stereocenters. The van der Waals surface area contributed by atoms with Crippen LogP contribution in [0.3, 0.4) is 0 Å². The molecule has 0 aliphatic carbocycles. The Balaban J connectivity index is 1.15. The van der Waals surface area contributed by atoms with E-state index < -0.39 is 0 Å². The van der Waals surface area contributed by atoms with Gasteiger partial charge in [0.15, 0.2) is 0 Å². The van der Waals surface area contributed by atoms with Crippen LogP contribution in [0.4, 0.5) is 0 Å². The summed E-state index contributed by atoms with van der Waals surface area (Å²) in [4.78, 5) is 33.7. The van der Waals surface area contributed by atoms with E-state index in [0.717, 1.165) is 49.0 Å². The van der Waals surface area contributed by atoms with Crippen molar-refractivity contribution in [2.45, 2.75) is 45.3 Å². The van der Waals surface area contributed by atoms with Gasteiger partial charge in [-0.25, -0.2) is 0 Å². The monoisotopic (exact) mass is 473 g/mol. The van der Waals surface area contributed by atoms with Crippen molar-refractivity contribution in [1.82, 2.24) is 25.3 Å². The van der Waals surface area contributed by atoms with E-state index >= 15 is 0 Å². The first-order valence-electron chi connectivity index (χ1n) is 12.4. The van der Waals surface area contributed by atoms with Crippen LogP contribution in [0.15, 0.2) is 59.1 Å². The number of hydrogen-bond donors (Lipinski definition) is 1. The molecule has 0 saturated carbocycles. The summed E-state index contributed by atoms with van der Waals surface area (Å²) in [7, 11) is 0. The summed E-state index contributed by atoms with van der Waals surface area (Å²) in [5, 5.41) is 7.24. The lowest BCUT2D eigenvalue weighted by Crippen LogP contribution is -2.42. The number of nitrogens with zero attached hydrogens (tertiary/aromatic N) is 4. The highest BCUT2D eigenvalue weighted by Crippen LogP contribution is 2.21. The molecular weight excluding hydrogens is 442 g/mol. The van der Waals surface area contributed by atoms with E-state index in [-0.39, 0.29) is 17.7 Å². The molecule has 3 aromatic rings. The van der Waals surface area contributed by atoms with Crippen LogP contribution in [-0.4, -0.2) is 51.4 Å². The maximum atomic E-state index is 13.0. The van der Waals surface area contributed by atoms with E-state index in [2.05, 4.69) is 20.4 Å². The Morgan fingerprint density at radius 1 is 1.00 bits per heavy atom. The van der Waals surface area contributed by atoms with Crippen LogP contribution in [0.2, 0.25) is 0 Å². The molecule has 2 fully saturated rings. The van der Waals surface area contributed by atoms with Gasteiger partial charge in [-0.1, -0.05) is 59.8 Å². The molecule has 3 heterocycles. The van der Waals surface area contributed by atoms with E-state index in [9.17, 15) is 9.59 Å². The summed E-state index contributed by atoms with van der Waals surface area (Å²) in [6.45, 7) is 3.99. The highest BCUT2D eigenvalue weighted by atomic mass is 16.5. The summed E-state index contributed by atoms with van der Waals surface area (Å²) in [5.41, 5.74) is 3.08. The average Bonchev–Trinajstić information content (AvgIpc) is 3.53. The molecule has 8 heteroatoms. The fourth-order valence-electron chi connectivity index (χ4n) is 4.92. The third-order valence-electron chi connectivity index (χ3n) is 6.84. The highest BCUT2D eigenvalue weighted by molar-refractivity contribution is 5.79. The zero-order valence-electron chi connectivity index (χ0n) is 19.9. The number of aromatic nitrogens is 2. The Kier molecular flexibility index (Phi) is 7.18. The molecular formula is C27H31N5O3. The predicted molar refractivity (Wildman–Crippen MR) is 131 cm³/mol. The summed E-state index contributed by atoms with van der Waals surface area (Å²) in [5.74, 6) is 1.35. The lowest BCUT2D eigenvalue weighted by Gasteiger charge is -2.31. The topological polar surface area (TPSA) is 91.6 Å². The van der Waals surface area contributed by atoms with Crippen LogP contribution in [0.25, 0.3) is 11.4 Å². The Morgan fingerprint density at radius 2 is 1.80 bits per heavy atom. The smallest absolute Gasteiger partial charge is 0.241 e. The molecule has 2 amide bonds. The molecule has 2 saturated heterocycles. The fraction of sp³-hybridized carbons (Fsp3) is 0.407. The van der Waals surface area contributed by atoms with Gasteiger partial charge in [0.2, 0.25) is 23.5 Å². The molecule has 5 rings (SSSR count). The van der Waals surface area contributed by atoms with E-state index in [1.807, 2.05) is 59.5 Å². The largest absolute Gasteiger partial charge is 0.352 e. The van der Waals surface area contributed by atoms with Gasteiger partial charge in [-0.15, -0.1) is 0 Å². The number of rotatable bonds is 8. The molecule has 35 heavy (non-hydrogen) atoms. The Morgan fingerprint density at radius 3 is 2.60 bits per heavy atom. The van der Waals surface area contributed by atoms with E-state index in [1.54, 1.807) is 0 Å². The molecule has 0 radical (unpaired) electrons. The number of piperidine rings is 1. The maximum Gasteiger partial charge on any atom is 0.241 e. The number of likely N-dealkylation sites (tertiary alicyclic amines) is 2.